The second-order valence-electron chi connectivity index (χ2n) is 4.85. The van der Waals surface area contributed by atoms with E-state index in [9.17, 15) is 9.59 Å². The molecule has 0 aliphatic carbocycles. The van der Waals surface area contributed by atoms with Gasteiger partial charge in [-0.05, 0) is 30.0 Å². The van der Waals surface area contributed by atoms with Crippen molar-refractivity contribution in [3.8, 4) is 0 Å². The minimum atomic E-state index is -0.0824. The molecule has 0 radical (unpaired) electrons. The number of furan rings is 1. The predicted molar refractivity (Wildman–Crippen MR) is 93.8 cm³/mol. The molecule has 23 heavy (non-hydrogen) atoms. The molecule has 0 spiro atoms. The van der Waals surface area contributed by atoms with Gasteiger partial charge in [0.05, 0.1) is 12.0 Å². The Bertz CT molecular complexity index is 583. The quantitative estimate of drug-likeness (QED) is 0.645. The maximum atomic E-state index is 11.7. The lowest BCUT2D eigenvalue weighted by Gasteiger charge is -2.06. The van der Waals surface area contributed by atoms with Crippen LogP contribution in [0.5, 0.6) is 0 Å². The first kappa shape index (κ1) is 17.6. The van der Waals surface area contributed by atoms with Gasteiger partial charge in [0.1, 0.15) is 5.76 Å². The highest BCUT2D eigenvalue weighted by atomic mass is 32.2. The standard InChI is InChI=1S/C16H20N2O3S2/c19-15(17-7-10-23-12-14-3-2-8-21-14)4-1-6-18-16(20)13-5-9-22-11-13/h2-3,5,8-9,11H,1,4,6-7,10,12H2,(H,17,19)(H,18,20). The van der Waals surface area contributed by atoms with Crippen molar-refractivity contribution in [3.05, 3.63) is 46.5 Å². The van der Waals surface area contributed by atoms with Crippen LogP contribution >= 0.6 is 23.1 Å². The largest absolute Gasteiger partial charge is 0.468 e. The van der Waals surface area contributed by atoms with E-state index >= 15 is 0 Å². The van der Waals surface area contributed by atoms with Crippen LogP contribution in [-0.2, 0) is 10.5 Å². The Morgan fingerprint density at radius 3 is 2.87 bits per heavy atom. The van der Waals surface area contributed by atoms with Gasteiger partial charge < -0.3 is 15.1 Å². The van der Waals surface area contributed by atoms with E-state index in [-0.39, 0.29) is 11.8 Å². The van der Waals surface area contributed by atoms with Gasteiger partial charge in [0.15, 0.2) is 0 Å². The highest BCUT2D eigenvalue weighted by Crippen LogP contribution is 2.11. The number of thiophene rings is 1. The summed E-state index contributed by atoms with van der Waals surface area (Å²) in [5.74, 6) is 2.55. The van der Waals surface area contributed by atoms with Crippen molar-refractivity contribution in [3.63, 3.8) is 0 Å². The molecule has 0 aliphatic rings. The van der Waals surface area contributed by atoms with Gasteiger partial charge in [-0.25, -0.2) is 0 Å². The molecule has 0 atom stereocenters. The van der Waals surface area contributed by atoms with E-state index < -0.39 is 0 Å². The van der Waals surface area contributed by atoms with Crippen molar-refractivity contribution in [2.75, 3.05) is 18.8 Å². The Morgan fingerprint density at radius 2 is 2.13 bits per heavy atom. The Hall–Kier alpha value is -1.73. The van der Waals surface area contributed by atoms with Gasteiger partial charge in [0, 0.05) is 36.2 Å². The number of carbonyl (C=O) groups is 2. The van der Waals surface area contributed by atoms with Gasteiger partial charge in [-0.15, -0.1) is 0 Å². The van der Waals surface area contributed by atoms with Crippen LogP contribution in [0.15, 0.2) is 39.6 Å². The van der Waals surface area contributed by atoms with E-state index in [1.807, 2.05) is 22.9 Å². The zero-order valence-electron chi connectivity index (χ0n) is 12.7. The Morgan fingerprint density at radius 1 is 1.22 bits per heavy atom. The van der Waals surface area contributed by atoms with Gasteiger partial charge >= 0.3 is 0 Å². The second-order valence-corrected chi connectivity index (χ2v) is 6.74. The van der Waals surface area contributed by atoms with Crippen LogP contribution in [0.25, 0.3) is 0 Å². The van der Waals surface area contributed by atoms with Crippen molar-refractivity contribution < 1.29 is 14.0 Å². The molecule has 2 aromatic rings. The van der Waals surface area contributed by atoms with Crippen molar-refractivity contribution in [1.29, 1.82) is 0 Å². The zero-order chi connectivity index (χ0) is 16.3. The van der Waals surface area contributed by atoms with Gasteiger partial charge in [-0.2, -0.15) is 23.1 Å². The molecule has 7 heteroatoms. The number of carbonyl (C=O) groups excluding carboxylic acids is 2. The topological polar surface area (TPSA) is 71.3 Å². The molecule has 0 saturated heterocycles. The molecule has 0 fully saturated rings. The van der Waals surface area contributed by atoms with Gasteiger partial charge in [-0.3, -0.25) is 9.59 Å². The number of amides is 2. The molecule has 2 heterocycles. The molecule has 2 aromatic heterocycles. The van der Waals surface area contributed by atoms with E-state index in [0.29, 0.717) is 31.5 Å². The monoisotopic (exact) mass is 352 g/mol. The van der Waals surface area contributed by atoms with Crippen LogP contribution in [-0.4, -0.2) is 30.7 Å². The third-order valence-corrected chi connectivity index (χ3v) is 4.71. The van der Waals surface area contributed by atoms with Crippen molar-refractivity contribution in [2.24, 2.45) is 0 Å². The highest BCUT2D eigenvalue weighted by molar-refractivity contribution is 7.98. The second kappa shape index (κ2) is 10.1. The van der Waals surface area contributed by atoms with E-state index in [2.05, 4.69) is 10.6 Å². The lowest BCUT2D eigenvalue weighted by molar-refractivity contribution is -0.121. The lowest BCUT2D eigenvalue weighted by atomic mass is 10.2. The van der Waals surface area contributed by atoms with Crippen molar-refractivity contribution >= 4 is 34.9 Å². The minimum absolute atomic E-state index is 0.0216. The summed E-state index contributed by atoms with van der Waals surface area (Å²) < 4.78 is 5.23. The molecule has 5 nitrogen and oxygen atoms in total. The van der Waals surface area contributed by atoms with Crippen LogP contribution < -0.4 is 10.6 Å². The van der Waals surface area contributed by atoms with Crippen LogP contribution in [0.4, 0.5) is 0 Å². The van der Waals surface area contributed by atoms with E-state index in [0.717, 1.165) is 17.3 Å². The fourth-order valence-corrected chi connectivity index (χ4v) is 3.26. The molecular weight excluding hydrogens is 332 g/mol. The SMILES string of the molecule is O=C(CCCNC(=O)c1ccsc1)NCCSCc1ccco1. The molecule has 124 valence electrons. The summed E-state index contributed by atoms with van der Waals surface area (Å²) in [5.41, 5.74) is 0.674. The summed E-state index contributed by atoms with van der Waals surface area (Å²) in [6.07, 6.45) is 2.73. The molecule has 2 rings (SSSR count). The van der Waals surface area contributed by atoms with Crippen LogP contribution in [0.2, 0.25) is 0 Å². The summed E-state index contributed by atoms with van der Waals surface area (Å²) in [7, 11) is 0. The summed E-state index contributed by atoms with van der Waals surface area (Å²) in [6, 6.07) is 5.60. The van der Waals surface area contributed by atoms with E-state index in [1.165, 1.54) is 11.3 Å². The number of nitrogens with one attached hydrogen (secondary N) is 2. The smallest absolute Gasteiger partial charge is 0.252 e. The first-order chi connectivity index (χ1) is 11.3. The number of hydrogen-bond donors (Lipinski definition) is 2. The molecule has 0 aliphatic heterocycles. The average Bonchev–Trinajstić information content (AvgIpc) is 3.24. The Kier molecular flexibility index (Phi) is 7.75. The number of rotatable bonds is 10. The molecule has 2 N–H and O–H groups in total. The maximum Gasteiger partial charge on any atom is 0.252 e. The van der Waals surface area contributed by atoms with Crippen LogP contribution in [0, 0.1) is 0 Å². The average molecular weight is 352 g/mol. The zero-order valence-corrected chi connectivity index (χ0v) is 14.4. The predicted octanol–water partition coefficient (Wildman–Crippen LogP) is 2.90. The maximum absolute atomic E-state index is 11.7. The summed E-state index contributed by atoms with van der Waals surface area (Å²) in [6.45, 7) is 1.15. The lowest BCUT2D eigenvalue weighted by Crippen LogP contribution is -2.28. The number of hydrogen-bond acceptors (Lipinski definition) is 5. The number of thioether (sulfide) groups is 1. The first-order valence-electron chi connectivity index (χ1n) is 7.43. The third-order valence-electron chi connectivity index (χ3n) is 3.04. The summed E-state index contributed by atoms with van der Waals surface area (Å²) >= 11 is 3.21. The van der Waals surface area contributed by atoms with Crippen LogP contribution in [0.3, 0.4) is 0 Å². The molecule has 0 saturated carbocycles. The Labute approximate surface area is 143 Å². The Balaban J connectivity index is 1.44. The fourth-order valence-electron chi connectivity index (χ4n) is 1.87. The normalized spacial score (nSPS) is 10.4. The van der Waals surface area contributed by atoms with E-state index in [1.54, 1.807) is 24.1 Å². The highest BCUT2D eigenvalue weighted by Gasteiger charge is 2.05. The summed E-state index contributed by atoms with van der Waals surface area (Å²) in [4.78, 5) is 23.3. The minimum Gasteiger partial charge on any atom is -0.468 e. The first-order valence-corrected chi connectivity index (χ1v) is 9.52. The van der Waals surface area contributed by atoms with Crippen molar-refractivity contribution in [2.45, 2.75) is 18.6 Å². The van der Waals surface area contributed by atoms with Crippen molar-refractivity contribution in [1.82, 2.24) is 10.6 Å². The van der Waals surface area contributed by atoms with Gasteiger partial charge in [0.2, 0.25) is 5.91 Å². The molecule has 0 aromatic carbocycles. The molecule has 0 unspecified atom stereocenters. The summed E-state index contributed by atoms with van der Waals surface area (Å²) in [5, 5.41) is 9.36. The third kappa shape index (κ3) is 6.92. The molecular formula is C16H20N2O3S2. The fraction of sp³-hybridized carbons (Fsp3) is 0.375. The molecule has 0 bridgehead atoms. The van der Waals surface area contributed by atoms with Gasteiger partial charge in [0.25, 0.3) is 5.91 Å². The van der Waals surface area contributed by atoms with E-state index in [4.69, 9.17) is 4.42 Å². The van der Waals surface area contributed by atoms with Crippen LogP contribution in [0.1, 0.15) is 29.0 Å². The molecule has 2 amide bonds. The van der Waals surface area contributed by atoms with Gasteiger partial charge in [-0.1, -0.05) is 0 Å².